The Hall–Kier alpha value is -1.22. The number of benzene rings is 1. The van der Waals surface area contributed by atoms with Crippen LogP contribution in [0.2, 0.25) is 0 Å². The number of hydrogen-bond acceptors (Lipinski definition) is 2. The molecule has 6 rings (SSSR count). The molecule has 0 saturated heterocycles. The maximum absolute atomic E-state index is 13.3. The average Bonchev–Trinajstić information content (AvgIpc) is 3.03. The number of rotatable bonds is 4. The van der Waals surface area contributed by atoms with E-state index >= 15 is 0 Å². The molecule has 0 radical (unpaired) electrons. The zero-order chi connectivity index (χ0) is 15.5. The molecule has 1 aromatic carbocycles. The van der Waals surface area contributed by atoms with Crippen molar-refractivity contribution in [2.75, 3.05) is 13.6 Å². The van der Waals surface area contributed by atoms with Crippen LogP contribution in [-0.4, -0.2) is 30.3 Å². The second kappa shape index (κ2) is 4.05. The van der Waals surface area contributed by atoms with Crippen molar-refractivity contribution >= 4 is 5.78 Å². The fourth-order valence-corrected chi connectivity index (χ4v) is 7.85. The molecule has 0 N–H and O–H groups in total. The topological polar surface area (TPSA) is 20.3 Å². The number of fused-ring (bicyclic) bond motifs is 2. The first-order valence-corrected chi connectivity index (χ1v) is 9.15. The average molecular weight is 311 g/mol. The molecule has 23 heavy (non-hydrogen) atoms. The van der Waals surface area contributed by atoms with Crippen molar-refractivity contribution in [1.29, 1.82) is 0 Å². The summed E-state index contributed by atoms with van der Waals surface area (Å²) in [5.74, 6) is 5.89. The van der Waals surface area contributed by atoms with Crippen LogP contribution in [0.1, 0.15) is 12.0 Å². The maximum atomic E-state index is 13.3. The quantitative estimate of drug-likeness (QED) is 0.852. The smallest absolute Gasteiger partial charge is 0.140 e. The third-order valence-corrected chi connectivity index (χ3v) is 8.22. The van der Waals surface area contributed by atoms with Gasteiger partial charge in [0, 0.05) is 24.4 Å². The Balaban J connectivity index is 1.24. The van der Waals surface area contributed by atoms with Gasteiger partial charge >= 0.3 is 0 Å². The molecule has 0 unspecified atom stereocenters. The minimum Gasteiger partial charge on any atom is -0.302 e. The molecule has 0 aromatic heterocycles. The van der Waals surface area contributed by atoms with E-state index in [0.29, 0.717) is 35.5 Å². The molecule has 5 aliphatic rings. The van der Waals surface area contributed by atoms with Crippen LogP contribution in [0.3, 0.4) is 0 Å². The van der Waals surface area contributed by atoms with E-state index in [4.69, 9.17) is 0 Å². The van der Waals surface area contributed by atoms with Gasteiger partial charge in [-0.2, -0.15) is 0 Å². The number of carbonyl (C=O) groups is 1. The Labute approximate surface area is 136 Å². The summed E-state index contributed by atoms with van der Waals surface area (Å²) >= 11 is 0. The molecule has 5 aliphatic carbocycles. The van der Waals surface area contributed by atoms with Crippen molar-refractivity contribution < 1.29 is 9.18 Å². The molecular formula is C20H22FNO. The number of nitrogens with zero attached hydrogens (tertiary/aromatic N) is 1. The predicted molar refractivity (Wildman–Crippen MR) is 84.1 cm³/mol. The molecule has 0 aliphatic heterocycles. The van der Waals surface area contributed by atoms with Gasteiger partial charge in [0.25, 0.3) is 0 Å². The second-order valence-electron chi connectivity index (χ2n) is 8.68. The first-order chi connectivity index (χ1) is 11.2. The summed E-state index contributed by atoms with van der Waals surface area (Å²) in [4.78, 5) is 15.1. The first-order valence-electron chi connectivity index (χ1n) is 9.15. The third kappa shape index (κ3) is 1.35. The Morgan fingerprint density at radius 2 is 2.00 bits per heavy atom. The lowest BCUT2D eigenvalue weighted by Crippen LogP contribution is -2.55. The van der Waals surface area contributed by atoms with E-state index in [0.717, 1.165) is 42.2 Å². The Morgan fingerprint density at radius 3 is 2.83 bits per heavy atom. The van der Waals surface area contributed by atoms with Crippen LogP contribution < -0.4 is 0 Å². The van der Waals surface area contributed by atoms with Gasteiger partial charge in [-0.3, -0.25) is 4.79 Å². The Morgan fingerprint density at radius 1 is 1.13 bits per heavy atom. The molecule has 5 saturated carbocycles. The molecule has 0 heterocycles. The zero-order valence-electron chi connectivity index (χ0n) is 13.4. The highest BCUT2D eigenvalue weighted by atomic mass is 19.1. The van der Waals surface area contributed by atoms with Gasteiger partial charge in [0.05, 0.1) is 0 Å². The summed E-state index contributed by atoms with van der Waals surface area (Å²) in [6.07, 6.45) is 2.24. The molecule has 1 aromatic rings. The second-order valence-corrected chi connectivity index (χ2v) is 8.68. The van der Waals surface area contributed by atoms with E-state index in [-0.39, 0.29) is 5.82 Å². The van der Waals surface area contributed by atoms with Crippen LogP contribution in [0, 0.1) is 53.2 Å². The van der Waals surface area contributed by atoms with Crippen LogP contribution in [0.15, 0.2) is 24.3 Å². The van der Waals surface area contributed by atoms with Crippen molar-refractivity contribution in [3.05, 3.63) is 35.6 Å². The molecule has 9 atom stereocenters. The van der Waals surface area contributed by atoms with E-state index in [1.165, 1.54) is 12.5 Å². The van der Waals surface area contributed by atoms with Crippen molar-refractivity contribution in [1.82, 2.24) is 4.90 Å². The van der Waals surface area contributed by atoms with Crippen LogP contribution in [-0.2, 0) is 11.2 Å². The highest BCUT2D eigenvalue weighted by molar-refractivity contribution is 5.91. The summed E-state index contributed by atoms with van der Waals surface area (Å²) in [6.45, 7) is 0.976. The molecule has 0 spiro atoms. The molecule has 5 fully saturated rings. The van der Waals surface area contributed by atoms with Gasteiger partial charge in [0.15, 0.2) is 0 Å². The molecule has 2 nitrogen and oxygen atoms in total. The van der Waals surface area contributed by atoms with Crippen molar-refractivity contribution in [2.24, 2.45) is 47.3 Å². The zero-order valence-corrected chi connectivity index (χ0v) is 13.4. The van der Waals surface area contributed by atoms with Crippen LogP contribution in [0.4, 0.5) is 4.39 Å². The number of ketones is 1. The fourth-order valence-electron chi connectivity index (χ4n) is 7.85. The number of hydrogen-bond donors (Lipinski definition) is 0. The Bertz CT molecular complexity index is 717. The lowest BCUT2D eigenvalue weighted by molar-refractivity contribution is -0.137. The lowest BCUT2D eigenvalue weighted by Gasteiger charge is -2.48. The van der Waals surface area contributed by atoms with Gasteiger partial charge in [-0.25, -0.2) is 4.39 Å². The number of halogens is 1. The van der Waals surface area contributed by atoms with Crippen LogP contribution >= 0.6 is 0 Å². The summed E-state index contributed by atoms with van der Waals surface area (Å²) < 4.78 is 13.3. The maximum Gasteiger partial charge on any atom is 0.140 e. The fraction of sp³-hybridized carbons (Fsp3) is 0.650. The first kappa shape index (κ1) is 13.1. The van der Waals surface area contributed by atoms with Crippen molar-refractivity contribution in [3.63, 3.8) is 0 Å². The van der Waals surface area contributed by atoms with Crippen LogP contribution in [0.5, 0.6) is 0 Å². The largest absolute Gasteiger partial charge is 0.302 e. The summed E-state index contributed by atoms with van der Waals surface area (Å²) in [7, 11) is 2.24. The van der Waals surface area contributed by atoms with E-state index < -0.39 is 0 Å². The van der Waals surface area contributed by atoms with Crippen molar-refractivity contribution in [3.8, 4) is 0 Å². The van der Waals surface area contributed by atoms with E-state index in [1.807, 2.05) is 6.07 Å². The SMILES string of the molecule is CN(CCc1cccc(F)c1)[C@@H]1[C@H]2[C@@H]3C[C@@H]4[C@H]2C(=O)[C@H]2[C@@H]4[C@@H]3[C@H]21. The van der Waals surface area contributed by atoms with Gasteiger partial charge in [-0.1, -0.05) is 12.1 Å². The van der Waals surface area contributed by atoms with Gasteiger partial charge in [-0.05, 0) is 73.1 Å². The minimum absolute atomic E-state index is 0.142. The summed E-state index contributed by atoms with van der Waals surface area (Å²) in [5, 5.41) is 0. The Kier molecular flexibility index (Phi) is 2.31. The molecule has 2 bridgehead atoms. The highest BCUT2D eigenvalue weighted by Crippen LogP contribution is 2.82. The van der Waals surface area contributed by atoms with Gasteiger partial charge in [-0.15, -0.1) is 0 Å². The minimum atomic E-state index is -0.142. The third-order valence-electron chi connectivity index (χ3n) is 8.22. The predicted octanol–water partition coefficient (Wildman–Crippen LogP) is 2.63. The van der Waals surface area contributed by atoms with Crippen LogP contribution in [0.25, 0.3) is 0 Å². The van der Waals surface area contributed by atoms with Gasteiger partial charge < -0.3 is 4.90 Å². The summed E-state index contributed by atoms with van der Waals surface area (Å²) in [6, 6.07) is 7.59. The standard InChI is InChI=1S/C20H22FNO/c1-22(6-5-9-3-2-4-10(21)7-9)19-15-11-8-12-14-13(11)17(19)18(14)20(23)16(12)15/h2-4,7,11-19H,5-6,8H2,1H3/t11-,12+,13-,14+,15+,16-,17-,18+,19-/m1/s1. The molecule has 120 valence electrons. The molecular weight excluding hydrogens is 289 g/mol. The molecule has 0 amide bonds. The van der Waals surface area contributed by atoms with E-state index in [2.05, 4.69) is 11.9 Å². The summed E-state index contributed by atoms with van der Waals surface area (Å²) in [5.41, 5.74) is 1.08. The number of Topliss-reactive ketones (excluding diaryl/α,β-unsaturated/α-hetero) is 1. The highest BCUT2D eigenvalue weighted by Gasteiger charge is 2.83. The normalized spacial score (nSPS) is 50.4. The number of likely N-dealkylation sites (N-methyl/N-ethyl adjacent to an activating group) is 1. The lowest BCUT2D eigenvalue weighted by atomic mass is 9.58. The van der Waals surface area contributed by atoms with Gasteiger partial charge in [0.2, 0.25) is 0 Å². The van der Waals surface area contributed by atoms with E-state index in [9.17, 15) is 9.18 Å². The van der Waals surface area contributed by atoms with E-state index in [1.54, 1.807) is 12.1 Å². The van der Waals surface area contributed by atoms with Gasteiger partial charge in [0.1, 0.15) is 11.6 Å². The number of carbonyl (C=O) groups excluding carboxylic acids is 1. The monoisotopic (exact) mass is 311 g/mol. The van der Waals surface area contributed by atoms with Crippen molar-refractivity contribution in [2.45, 2.75) is 18.9 Å². The molecule has 3 heteroatoms.